The first kappa shape index (κ1) is 16.3. The smallest absolute Gasteiger partial charge is 0.394 e. The van der Waals surface area contributed by atoms with E-state index in [1.807, 2.05) is 0 Å². The SMILES string of the molecule is N#Cc1ccc(NCCCOCCO)cc1C(F)(F)F. The monoisotopic (exact) mass is 288 g/mol. The van der Waals surface area contributed by atoms with Crippen LogP contribution < -0.4 is 5.32 Å². The Kier molecular flexibility index (Phi) is 6.28. The Balaban J connectivity index is 2.58. The molecule has 0 aliphatic rings. The number of nitrogens with one attached hydrogen (secondary N) is 1. The molecule has 0 aliphatic carbocycles. The number of nitriles is 1. The Morgan fingerprint density at radius 3 is 2.65 bits per heavy atom. The topological polar surface area (TPSA) is 65.3 Å². The average Bonchev–Trinajstić information content (AvgIpc) is 2.41. The summed E-state index contributed by atoms with van der Waals surface area (Å²) in [6, 6.07) is 5.03. The number of aliphatic hydroxyl groups is 1. The lowest BCUT2D eigenvalue weighted by atomic mass is 10.1. The molecule has 1 aromatic rings. The minimum atomic E-state index is -4.55. The molecule has 0 atom stereocenters. The van der Waals surface area contributed by atoms with Gasteiger partial charge in [-0.25, -0.2) is 0 Å². The molecule has 0 radical (unpaired) electrons. The van der Waals surface area contributed by atoms with Crippen molar-refractivity contribution in [3.8, 4) is 6.07 Å². The number of hydrogen-bond acceptors (Lipinski definition) is 4. The van der Waals surface area contributed by atoms with Gasteiger partial charge in [-0.3, -0.25) is 0 Å². The Bertz CT molecular complexity index is 470. The maximum absolute atomic E-state index is 12.7. The van der Waals surface area contributed by atoms with Gasteiger partial charge in [-0.05, 0) is 24.6 Å². The molecule has 0 bridgehead atoms. The van der Waals surface area contributed by atoms with Crippen molar-refractivity contribution < 1.29 is 23.0 Å². The maximum atomic E-state index is 12.7. The number of hydrogen-bond donors (Lipinski definition) is 2. The highest BCUT2D eigenvalue weighted by molar-refractivity contribution is 5.53. The van der Waals surface area contributed by atoms with Crippen LogP contribution in [-0.4, -0.2) is 31.5 Å². The number of halogens is 3. The van der Waals surface area contributed by atoms with Crippen LogP contribution in [0.3, 0.4) is 0 Å². The molecule has 1 aromatic carbocycles. The maximum Gasteiger partial charge on any atom is 0.417 e. The number of nitrogens with zero attached hydrogens (tertiary/aromatic N) is 1. The van der Waals surface area contributed by atoms with Gasteiger partial charge in [-0.15, -0.1) is 0 Å². The molecule has 0 unspecified atom stereocenters. The standard InChI is InChI=1S/C13H15F3N2O2/c14-13(15,16)12-8-11(3-2-10(12)9-17)18-4-1-6-20-7-5-19/h2-3,8,18-19H,1,4-7H2. The van der Waals surface area contributed by atoms with Crippen LogP contribution in [-0.2, 0) is 10.9 Å². The predicted molar refractivity (Wildman–Crippen MR) is 67.2 cm³/mol. The van der Waals surface area contributed by atoms with Crippen LogP contribution in [0.25, 0.3) is 0 Å². The van der Waals surface area contributed by atoms with Crippen LogP contribution in [0.1, 0.15) is 17.5 Å². The van der Waals surface area contributed by atoms with Gasteiger partial charge in [-0.2, -0.15) is 18.4 Å². The van der Waals surface area contributed by atoms with Crippen molar-refractivity contribution in [1.29, 1.82) is 5.26 Å². The van der Waals surface area contributed by atoms with E-state index in [-0.39, 0.29) is 13.2 Å². The van der Waals surface area contributed by atoms with Crippen molar-refractivity contribution in [2.75, 3.05) is 31.7 Å². The van der Waals surface area contributed by atoms with Crippen molar-refractivity contribution in [2.24, 2.45) is 0 Å². The molecule has 0 spiro atoms. The first-order chi connectivity index (χ1) is 9.49. The van der Waals surface area contributed by atoms with Crippen LogP contribution in [0, 0.1) is 11.3 Å². The third kappa shape index (κ3) is 5.07. The third-order valence-corrected chi connectivity index (χ3v) is 2.48. The lowest BCUT2D eigenvalue weighted by molar-refractivity contribution is -0.137. The minimum absolute atomic E-state index is 0.0575. The summed E-state index contributed by atoms with van der Waals surface area (Å²) in [6.45, 7) is 1.04. The molecule has 7 heteroatoms. The summed E-state index contributed by atoms with van der Waals surface area (Å²) < 4.78 is 43.2. The molecule has 20 heavy (non-hydrogen) atoms. The Labute approximate surface area is 114 Å². The van der Waals surface area contributed by atoms with Crippen LogP contribution in [0.2, 0.25) is 0 Å². The zero-order chi connectivity index (χ0) is 15.0. The van der Waals surface area contributed by atoms with Gasteiger partial charge in [0.15, 0.2) is 0 Å². The van der Waals surface area contributed by atoms with Gasteiger partial charge in [0, 0.05) is 18.8 Å². The number of aliphatic hydroxyl groups excluding tert-OH is 1. The van der Waals surface area contributed by atoms with Crippen LogP contribution in [0.4, 0.5) is 18.9 Å². The van der Waals surface area contributed by atoms with E-state index < -0.39 is 17.3 Å². The molecule has 0 amide bonds. The summed E-state index contributed by atoms with van der Waals surface area (Å²) in [7, 11) is 0. The summed E-state index contributed by atoms with van der Waals surface area (Å²) in [4.78, 5) is 0. The van der Waals surface area contributed by atoms with E-state index in [1.54, 1.807) is 0 Å². The van der Waals surface area contributed by atoms with Crippen LogP contribution in [0.15, 0.2) is 18.2 Å². The number of benzene rings is 1. The second-order valence-electron chi connectivity index (χ2n) is 3.99. The lowest BCUT2D eigenvalue weighted by Crippen LogP contribution is -2.11. The highest BCUT2D eigenvalue weighted by Crippen LogP contribution is 2.33. The number of ether oxygens (including phenoxy) is 1. The summed E-state index contributed by atoms with van der Waals surface area (Å²) in [6.07, 6.45) is -3.95. The van der Waals surface area contributed by atoms with E-state index in [0.717, 1.165) is 12.1 Å². The van der Waals surface area contributed by atoms with Gasteiger partial charge in [0.1, 0.15) is 0 Å². The highest BCUT2D eigenvalue weighted by atomic mass is 19.4. The van der Waals surface area contributed by atoms with E-state index in [9.17, 15) is 13.2 Å². The first-order valence-electron chi connectivity index (χ1n) is 6.03. The molecule has 1 rings (SSSR count). The van der Waals surface area contributed by atoms with Crippen LogP contribution >= 0.6 is 0 Å². The molecule has 2 N–H and O–H groups in total. The third-order valence-electron chi connectivity index (χ3n) is 2.48. The number of rotatable bonds is 7. The fraction of sp³-hybridized carbons (Fsp3) is 0.462. The zero-order valence-electron chi connectivity index (χ0n) is 10.7. The molecule has 0 saturated heterocycles. The lowest BCUT2D eigenvalue weighted by Gasteiger charge is -2.12. The summed E-state index contributed by atoms with van der Waals surface area (Å²) in [5, 5.41) is 20.0. The minimum Gasteiger partial charge on any atom is -0.394 e. The summed E-state index contributed by atoms with van der Waals surface area (Å²) in [5.41, 5.74) is -1.03. The van der Waals surface area contributed by atoms with Crippen molar-refractivity contribution >= 4 is 5.69 Å². The fourth-order valence-electron chi connectivity index (χ4n) is 1.56. The Hall–Kier alpha value is -1.78. The van der Waals surface area contributed by atoms with Gasteiger partial charge in [0.05, 0.1) is 30.4 Å². The molecule has 0 saturated carbocycles. The summed E-state index contributed by atoms with van der Waals surface area (Å²) in [5.74, 6) is 0. The predicted octanol–water partition coefficient (Wildman–Crippen LogP) is 2.39. The largest absolute Gasteiger partial charge is 0.417 e. The molecular weight excluding hydrogens is 273 g/mol. The van der Waals surface area contributed by atoms with Crippen LogP contribution in [0.5, 0.6) is 0 Å². The van der Waals surface area contributed by atoms with E-state index in [4.69, 9.17) is 15.1 Å². The van der Waals surface area contributed by atoms with Crippen molar-refractivity contribution in [3.63, 3.8) is 0 Å². The molecule has 0 aliphatic heterocycles. The molecule has 0 heterocycles. The van der Waals surface area contributed by atoms with E-state index in [2.05, 4.69) is 5.32 Å². The van der Waals surface area contributed by atoms with Gasteiger partial charge in [0.25, 0.3) is 0 Å². The van der Waals surface area contributed by atoms with Gasteiger partial charge in [-0.1, -0.05) is 0 Å². The van der Waals surface area contributed by atoms with E-state index in [1.165, 1.54) is 12.1 Å². The van der Waals surface area contributed by atoms with Gasteiger partial charge >= 0.3 is 6.18 Å². The van der Waals surface area contributed by atoms with Crippen molar-refractivity contribution in [1.82, 2.24) is 0 Å². The Morgan fingerprint density at radius 2 is 2.05 bits per heavy atom. The quantitative estimate of drug-likeness (QED) is 0.756. The molecule has 4 nitrogen and oxygen atoms in total. The first-order valence-corrected chi connectivity index (χ1v) is 6.03. The van der Waals surface area contributed by atoms with E-state index in [0.29, 0.717) is 25.3 Å². The highest BCUT2D eigenvalue weighted by Gasteiger charge is 2.33. The molecule has 110 valence electrons. The second-order valence-corrected chi connectivity index (χ2v) is 3.99. The second kappa shape index (κ2) is 7.72. The number of alkyl halides is 3. The molecular formula is C13H15F3N2O2. The average molecular weight is 288 g/mol. The van der Waals surface area contributed by atoms with Crippen molar-refractivity contribution in [3.05, 3.63) is 29.3 Å². The normalized spacial score (nSPS) is 11.2. The van der Waals surface area contributed by atoms with Gasteiger partial charge < -0.3 is 15.2 Å². The summed E-state index contributed by atoms with van der Waals surface area (Å²) >= 11 is 0. The Morgan fingerprint density at radius 1 is 1.30 bits per heavy atom. The molecule has 0 aromatic heterocycles. The van der Waals surface area contributed by atoms with Gasteiger partial charge in [0.2, 0.25) is 0 Å². The molecule has 0 fully saturated rings. The fourth-order valence-corrected chi connectivity index (χ4v) is 1.56. The zero-order valence-corrected chi connectivity index (χ0v) is 10.7. The van der Waals surface area contributed by atoms with Crippen molar-refractivity contribution in [2.45, 2.75) is 12.6 Å². The van der Waals surface area contributed by atoms with E-state index >= 15 is 0 Å². The number of anilines is 1.